The molecule has 0 aliphatic carbocycles. The maximum atomic E-state index is 10.4. The van der Waals surface area contributed by atoms with Gasteiger partial charge in [-0.1, -0.05) is 26.2 Å². The van der Waals surface area contributed by atoms with E-state index in [1.165, 1.54) is 30.8 Å². The highest BCUT2D eigenvalue weighted by Gasteiger charge is 1.95. The standard InChI is InChI=1S/C10H19ClOS/c1-2-13-9-7-5-3-4-6-8-10(11)12/h2-9H2,1H3. The molecule has 0 heterocycles. The van der Waals surface area contributed by atoms with Crippen molar-refractivity contribution in [2.45, 2.75) is 45.4 Å². The van der Waals surface area contributed by atoms with E-state index in [2.05, 4.69) is 6.92 Å². The summed E-state index contributed by atoms with van der Waals surface area (Å²) in [6, 6.07) is 0. The first-order chi connectivity index (χ1) is 6.27. The van der Waals surface area contributed by atoms with E-state index in [-0.39, 0.29) is 5.24 Å². The summed E-state index contributed by atoms with van der Waals surface area (Å²) in [5, 5.41) is -0.193. The van der Waals surface area contributed by atoms with Crippen LogP contribution in [0.5, 0.6) is 0 Å². The molecule has 0 fully saturated rings. The Morgan fingerprint density at radius 3 is 2.38 bits per heavy atom. The fraction of sp³-hybridized carbons (Fsp3) is 0.900. The summed E-state index contributed by atoms with van der Waals surface area (Å²) in [6.45, 7) is 2.19. The molecule has 0 bridgehead atoms. The molecule has 0 spiro atoms. The Hall–Kier alpha value is 0.310. The van der Waals surface area contributed by atoms with E-state index in [4.69, 9.17) is 11.6 Å². The lowest BCUT2D eigenvalue weighted by Gasteiger charge is -1.99. The van der Waals surface area contributed by atoms with Gasteiger partial charge in [-0.05, 0) is 35.9 Å². The van der Waals surface area contributed by atoms with E-state index >= 15 is 0 Å². The number of carbonyl (C=O) groups excluding carboxylic acids is 1. The molecule has 78 valence electrons. The van der Waals surface area contributed by atoms with Gasteiger partial charge in [-0.25, -0.2) is 0 Å². The fourth-order valence-electron chi connectivity index (χ4n) is 1.14. The SMILES string of the molecule is CCSCCCCCCCC(=O)Cl. The van der Waals surface area contributed by atoms with Gasteiger partial charge in [0.15, 0.2) is 0 Å². The molecular formula is C10H19ClOS. The van der Waals surface area contributed by atoms with Gasteiger partial charge in [0.05, 0.1) is 0 Å². The Morgan fingerprint density at radius 1 is 1.15 bits per heavy atom. The molecule has 0 aromatic rings. The van der Waals surface area contributed by atoms with Crippen molar-refractivity contribution in [3.63, 3.8) is 0 Å². The van der Waals surface area contributed by atoms with Crippen LogP contribution in [0.3, 0.4) is 0 Å². The van der Waals surface area contributed by atoms with Crippen molar-refractivity contribution in [3.8, 4) is 0 Å². The van der Waals surface area contributed by atoms with E-state index in [0.717, 1.165) is 12.8 Å². The van der Waals surface area contributed by atoms with Crippen LogP contribution in [0, 0.1) is 0 Å². The predicted octanol–water partition coefficient (Wildman–Crippen LogP) is 3.85. The molecule has 0 unspecified atom stereocenters. The topological polar surface area (TPSA) is 17.1 Å². The highest BCUT2D eigenvalue weighted by Crippen LogP contribution is 2.09. The number of hydrogen-bond acceptors (Lipinski definition) is 2. The summed E-state index contributed by atoms with van der Waals surface area (Å²) in [6.07, 6.45) is 6.51. The maximum Gasteiger partial charge on any atom is 0.221 e. The Labute approximate surface area is 90.6 Å². The number of hydrogen-bond donors (Lipinski definition) is 0. The summed E-state index contributed by atoms with van der Waals surface area (Å²) < 4.78 is 0. The Bertz CT molecular complexity index is 128. The zero-order valence-corrected chi connectivity index (χ0v) is 9.92. The average Bonchev–Trinajstić information content (AvgIpc) is 2.09. The number of rotatable bonds is 9. The molecule has 0 aliphatic rings. The Kier molecular flexibility index (Phi) is 10.6. The third kappa shape index (κ3) is 12.3. The molecule has 13 heavy (non-hydrogen) atoms. The molecule has 0 aromatic carbocycles. The lowest BCUT2D eigenvalue weighted by Crippen LogP contribution is -1.87. The third-order valence-corrected chi connectivity index (χ3v) is 3.04. The van der Waals surface area contributed by atoms with Crippen molar-refractivity contribution in [2.75, 3.05) is 11.5 Å². The van der Waals surface area contributed by atoms with Crippen LogP contribution in [0.1, 0.15) is 45.4 Å². The van der Waals surface area contributed by atoms with Gasteiger partial charge in [-0.3, -0.25) is 4.79 Å². The third-order valence-electron chi connectivity index (χ3n) is 1.87. The molecule has 0 rings (SSSR count). The first kappa shape index (κ1) is 13.3. The second-order valence-electron chi connectivity index (χ2n) is 3.07. The van der Waals surface area contributed by atoms with Crippen LogP contribution in [-0.2, 0) is 4.79 Å². The van der Waals surface area contributed by atoms with Gasteiger partial charge in [0, 0.05) is 6.42 Å². The van der Waals surface area contributed by atoms with E-state index < -0.39 is 0 Å². The second kappa shape index (κ2) is 10.4. The first-order valence-corrected chi connectivity index (χ1v) is 6.56. The van der Waals surface area contributed by atoms with Gasteiger partial charge in [0.25, 0.3) is 0 Å². The van der Waals surface area contributed by atoms with Crippen molar-refractivity contribution in [3.05, 3.63) is 0 Å². The van der Waals surface area contributed by atoms with Crippen molar-refractivity contribution in [1.82, 2.24) is 0 Å². The molecule has 0 saturated carbocycles. The molecule has 0 aromatic heterocycles. The summed E-state index contributed by atoms with van der Waals surface area (Å²) in [5.41, 5.74) is 0. The minimum Gasteiger partial charge on any atom is -0.281 e. The van der Waals surface area contributed by atoms with Crippen LogP contribution in [0.2, 0.25) is 0 Å². The summed E-state index contributed by atoms with van der Waals surface area (Å²) in [7, 11) is 0. The molecule has 0 radical (unpaired) electrons. The quantitative estimate of drug-likeness (QED) is 0.436. The first-order valence-electron chi connectivity index (χ1n) is 5.03. The van der Waals surface area contributed by atoms with E-state index in [9.17, 15) is 4.79 Å². The van der Waals surface area contributed by atoms with Crippen LogP contribution < -0.4 is 0 Å². The molecule has 1 nitrogen and oxygen atoms in total. The monoisotopic (exact) mass is 222 g/mol. The van der Waals surface area contributed by atoms with Crippen molar-refractivity contribution < 1.29 is 4.79 Å². The Morgan fingerprint density at radius 2 is 1.77 bits per heavy atom. The molecule has 0 atom stereocenters. The van der Waals surface area contributed by atoms with Gasteiger partial charge in [-0.15, -0.1) is 0 Å². The minimum atomic E-state index is -0.193. The normalized spacial score (nSPS) is 10.3. The van der Waals surface area contributed by atoms with Crippen molar-refractivity contribution >= 4 is 28.6 Å². The van der Waals surface area contributed by atoms with Crippen LogP contribution in [-0.4, -0.2) is 16.7 Å². The van der Waals surface area contributed by atoms with Gasteiger partial charge in [0.1, 0.15) is 0 Å². The van der Waals surface area contributed by atoms with Gasteiger partial charge in [-0.2, -0.15) is 11.8 Å². The van der Waals surface area contributed by atoms with Crippen LogP contribution in [0.25, 0.3) is 0 Å². The fourth-order valence-corrected chi connectivity index (χ4v) is 1.97. The molecule has 0 N–H and O–H groups in total. The summed E-state index contributed by atoms with van der Waals surface area (Å²) >= 11 is 7.22. The van der Waals surface area contributed by atoms with Crippen LogP contribution in [0.4, 0.5) is 0 Å². The van der Waals surface area contributed by atoms with E-state index in [1.807, 2.05) is 11.8 Å². The molecular weight excluding hydrogens is 204 g/mol. The second-order valence-corrected chi connectivity index (χ2v) is 4.89. The predicted molar refractivity (Wildman–Crippen MR) is 61.6 cm³/mol. The number of carbonyl (C=O) groups is 1. The summed E-state index contributed by atoms with van der Waals surface area (Å²) in [5.74, 6) is 2.51. The van der Waals surface area contributed by atoms with Crippen molar-refractivity contribution in [2.24, 2.45) is 0 Å². The van der Waals surface area contributed by atoms with E-state index in [1.54, 1.807) is 0 Å². The largest absolute Gasteiger partial charge is 0.281 e. The molecule has 0 saturated heterocycles. The maximum absolute atomic E-state index is 10.4. The highest BCUT2D eigenvalue weighted by molar-refractivity contribution is 7.99. The lowest BCUT2D eigenvalue weighted by molar-refractivity contribution is -0.111. The van der Waals surface area contributed by atoms with Gasteiger partial charge >= 0.3 is 0 Å². The van der Waals surface area contributed by atoms with Gasteiger partial charge < -0.3 is 0 Å². The van der Waals surface area contributed by atoms with Crippen molar-refractivity contribution in [1.29, 1.82) is 0 Å². The highest BCUT2D eigenvalue weighted by atomic mass is 35.5. The molecule has 3 heteroatoms. The number of unbranched alkanes of at least 4 members (excludes halogenated alkanes) is 4. The lowest BCUT2D eigenvalue weighted by atomic mass is 10.1. The van der Waals surface area contributed by atoms with Crippen LogP contribution >= 0.6 is 23.4 Å². The van der Waals surface area contributed by atoms with Gasteiger partial charge in [0.2, 0.25) is 5.24 Å². The zero-order chi connectivity index (χ0) is 9.94. The molecule has 0 aliphatic heterocycles. The average molecular weight is 223 g/mol. The molecule has 0 amide bonds. The number of halogens is 1. The van der Waals surface area contributed by atoms with E-state index in [0.29, 0.717) is 6.42 Å². The van der Waals surface area contributed by atoms with Crippen LogP contribution in [0.15, 0.2) is 0 Å². The smallest absolute Gasteiger partial charge is 0.221 e. The summed E-state index contributed by atoms with van der Waals surface area (Å²) in [4.78, 5) is 10.4. The number of thioether (sulfide) groups is 1. The zero-order valence-electron chi connectivity index (χ0n) is 8.35. The Balaban J connectivity index is 2.87. The minimum absolute atomic E-state index is 0.193.